The molecule has 4 rings (SSSR count). The maximum Gasteiger partial charge on any atom is 0.416 e. The molecule has 1 aliphatic heterocycles. The topological polar surface area (TPSA) is 66.5 Å². The fraction of sp³-hybridized carbons (Fsp3) is 0.261. The molecule has 0 aromatic heterocycles. The van der Waals surface area contributed by atoms with E-state index < -0.39 is 29.5 Å². The van der Waals surface area contributed by atoms with E-state index in [4.69, 9.17) is 11.6 Å². The molecule has 2 aliphatic rings. The van der Waals surface area contributed by atoms with E-state index in [1.54, 1.807) is 6.07 Å². The number of nitrogens with one attached hydrogen (secondary N) is 1. The number of allylic oxidation sites excluding steroid dienone is 2. The third-order valence-electron chi connectivity index (χ3n) is 5.75. The molecule has 166 valence electrons. The Kier molecular flexibility index (Phi) is 5.58. The average molecular weight is 463 g/mol. The molecule has 9 heteroatoms. The van der Waals surface area contributed by atoms with Crippen molar-refractivity contribution < 1.29 is 27.6 Å². The molecule has 5 nitrogen and oxygen atoms in total. The van der Waals surface area contributed by atoms with Gasteiger partial charge in [0, 0.05) is 0 Å². The van der Waals surface area contributed by atoms with Crippen LogP contribution in [0.5, 0.6) is 0 Å². The lowest BCUT2D eigenvalue weighted by atomic mass is 9.82. The number of fused-ring (bicyclic) bond motifs is 1. The number of para-hydroxylation sites is 1. The van der Waals surface area contributed by atoms with Crippen molar-refractivity contribution in [3.8, 4) is 0 Å². The number of carbonyl (C=O) groups excluding carboxylic acids is 3. The smallest absolute Gasteiger partial charge is 0.321 e. The Balaban J connectivity index is 1.66. The van der Waals surface area contributed by atoms with Gasteiger partial charge in [-0.1, -0.05) is 35.4 Å². The van der Waals surface area contributed by atoms with E-state index in [-0.39, 0.29) is 33.8 Å². The number of benzene rings is 2. The van der Waals surface area contributed by atoms with E-state index >= 15 is 0 Å². The van der Waals surface area contributed by atoms with Gasteiger partial charge in [-0.05, 0) is 50.1 Å². The molecule has 2 atom stereocenters. The van der Waals surface area contributed by atoms with Crippen LogP contribution in [0.15, 0.2) is 54.1 Å². The minimum Gasteiger partial charge on any atom is -0.321 e. The number of hydrogen-bond donors (Lipinski definition) is 1. The first kappa shape index (κ1) is 22.1. The summed E-state index contributed by atoms with van der Waals surface area (Å²) in [5.74, 6) is -2.53. The molecule has 0 saturated carbocycles. The Morgan fingerprint density at radius 1 is 1.09 bits per heavy atom. The van der Waals surface area contributed by atoms with Crippen LogP contribution in [0.3, 0.4) is 0 Å². The Hall–Kier alpha value is -3.13. The minimum absolute atomic E-state index is 0.0222. The molecule has 1 aliphatic carbocycles. The number of amides is 3. The van der Waals surface area contributed by atoms with Gasteiger partial charge in [-0.15, -0.1) is 0 Å². The Labute approximate surface area is 186 Å². The highest BCUT2D eigenvalue weighted by Gasteiger charge is 2.49. The van der Waals surface area contributed by atoms with Gasteiger partial charge in [-0.3, -0.25) is 14.4 Å². The summed E-state index contributed by atoms with van der Waals surface area (Å²) >= 11 is 5.98. The zero-order valence-electron chi connectivity index (χ0n) is 16.9. The Bertz CT molecular complexity index is 1160. The maximum absolute atomic E-state index is 13.0. The van der Waals surface area contributed by atoms with E-state index in [1.165, 1.54) is 18.2 Å². The maximum atomic E-state index is 13.0. The monoisotopic (exact) mass is 462 g/mol. The standard InChI is InChI=1S/C23H18ClF3N2O3/c1-12-6-8-14-16(10-12)22(32)29(21(14)31)19-5-3-2-4-15(19)20(30)28-18-11-13(23(25,26)27)7-9-17(18)24/h2-7,9,11,14,16H,8,10H2,1H3,(H,28,30)/t14-,16+/m0/s1. The van der Waals surface area contributed by atoms with Gasteiger partial charge in [0.1, 0.15) is 0 Å². The summed E-state index contributed by atoms with van der Waals surface area (Å²) in [5.41, 5.74) is -0.100. The summed E-state index contributed by atoms with van der Waals surface area (Å²) in [6.07, 6.45) is -1.76. The highest BCUT2D eigenvalue weighted by Crippen LogP contribution is 2.41. The first-order valence-corrected chi connectivity index (χ1v) is 10.3. The van der Waals surface area contributed by atoms with Gasteiger partial charge in [0.05, 0.1) is 39.4 Å². The van der Waals surface area contributed by atoms with Crippen LogP contribution in [-0.2, 0) is 15.8 Å². The normalized spacial score (nSPS) is 20.8. The van der Waals surface area contributed by atoms with Gasteiger partial charge < -0.3 is 5.32 Å². The largest absolute Gasteiger partial charge is 0.416 e. The summed E-state index contributed by atoms with van der Waals surface area (Å²) in [6.45, 7) is 1.90. The molecule has 32 heavy (non-hydrogen) atoms. The van der Waals surface area contributed by atoms with Crippen LogP contribution in [0.4, 0.5) is 24.5 Å². The second-order valence-electron chi connectivity index (χ2n) is 7.88. The molecule has 1 fully saturated rings. The van der Waals surface area contributed by atoms with Gasteiger partial charge >= 0.3 is 6.18 Å². The number of anilines is 2. The molecule has 1 saturated heterocycles. The van der Waals surface area contributed by atoms with Crippen LogP contribution in [-0.4, -0.2) is 17.7 Å². The van der Waals surface area contributed by atoms with Crippen LogP contribution in [0.1, 0.15) is 35.7 Å². The number of imide groups is 1. The molecular weight excluding hydrogens is 445 g/mol. The molecule has 2 aromatic carbocycles. The van der Waals surface area contributed by atoms with Crippen molar-refractivity contribution in [2.75, 3.05) is 10.2 Å². The van der Waals surface area contributed by atoms with Crippen molar-refractivity contribution in [1.29, 1.82) is 0 Å². The molecule has 0 spiro atoms. The number of halogens is 4. The fourth-order valence-corrected chi connectivity index (χ4v) is 4.29. The lowest BCUT2D eigenvalue weighted by Crippen LogP contribution is -2.33. The highest BCUT2D eigenvalue weighted by atomic mass is 35.5. The van der Waals surface area contributed by atoms with E-state index in [2.05, 4.69) is 5.32 Å². The summed E-state index contributed by atoms with van der Waals surface area (Å²) in [5, 5.41) is 2.29. The third-order valence-corrected chi connectivity index (χ3v) is 6.08. The Morgan fingerprint density at radius 3 is 2.50 bits per heavy atom. The van der Waals surface area contributed by atoms with Crippen molar-refractivity contribution in [2.45, 2.75) is 25.9 Å². The van der Waals surface area contributed by atoms with Crippen LogP contribution >= 0.6 is 11.6 Å². The van der Waals surface area contributed by atoms with Crippen LogP contribution in [0.25, 0.3) is 0 Å². The minimum atomic E-state index is -4.61. The zero-order valence-corrected chi connectivity index (χ0v) is 17.6. The summed E-state index contributed by atoms with van der Waals surface area (Å²) in [6, 6.07) is 8.57. The van der Waals surface area contributed by atoms with Crippen LogP contribution in [0, 0.1) is 11.8 Å². The van der Waals surface area contributed by atoms with Crippen molar-refractivity contribution in [1.82, 2.24) is 0 Å². The second kappa shape index (κ2) is 8.09. The molecule has 0 radical (unpaired) electrons. The molecule has 3 amide bonds. The van der Waals surface area contributed by atoms with Crippen molar-refractivity contribution in [2.24, 2.45) is 11.8 Å². The van der Waals surface area contributed by atoms with Gasteiger partial charge in [0.15, 0.2) is 0 Å². The van der Waals surface area contributed by atoms with Crippen LogP contribution in [0.2, 0.25) is 5.02 Å². The SMILES string of the molecule is CC1=CC[C@@H]2C(=O)N(c3ccccc3C(=O)Nc3cc(C(F)(F)F)ccc3Cl)C(=O)[C@@H]2C1. The second-order valence-corrected chi connectivity index (χ2v) is 8.29. The van der Waals surface area contributed by atoms with E-state index in [0.29, 0.717) is 12.8 Å². The van der Waals surface area contributed by atoms with Gasteiger partial charge in [-0.2, -0.15) is 13.2 Å². The molecule has 0 bridgehead atoms. The zero-order chi connectivity index (χ0) is 23.2. The van der Waals surface area contributed by atoms with E-state index in [1.807, 2.05) is 13.0 Å². The average Bonchev–Trinajstić information content (AvgIpc) is 2.98. The van der Waals surface area contributed by atoms with E-state index in [0.717, 1.165) is 28.7 Å². The van der Waals surface area contributed by atoms with Crippen molar-refractivity contribution in [3.05, 3.63) is 70.3 Å². The first-order chi connectivity index (χ1) is 15.1. The fourth-order valence-electron chi connectivity index (χ4n) is 4.12. The van der Waals surface area contributed by atoms with Gasteiger partial charge in [0.25, 0.3) is 5.91 Å². The van der Waals surface area contributed by atoms with E-state index in [9.17, 15) is 27.6 Å². The predicted octanol–water partition coefficient (Wildman–Crippen LogP) is 5.46. The highest BCUT2D eigenvalue weighted by molar-refractivity contribution is 6.34. The summed E-state index contributed by atoms with van der Waals surface area (Å²) in [4.78, 5) is 40.0. The number of rotatable bonds is 3. The predicted molar refractivity (Wildman–Crippen MR) is 113 cm³/mol. The lowest BCUT2D eigenvalue weighted by Gasteiger charge is -2.19. The van der Waals surface area contributed by atoms with Crippen molar-refractivity contribution in [3.63, 3.8) is 0 Å². The first-order valence-electron chi connectivity index (χ1n) is 9.88. The molecule has 1 heterocycles. The summed E-state index contributed by atoms with van der Waals surface area (Å²) < 4.78 is 39.1. The number of alkyl halides is 3. The number of carbonyl (C=O) groups is 3. The number of nitrogens with zero attached hydrogens (tertiary/aromatic N) is 1. The molecule has 1 N–H and O–H groups in total. The van der Waals surface area contributed by atoms with Gasteiger partial charge in [-0.25, -0.2) is 4.90 Å². The lowest BCUT2D eigenvalue weighted by molar-refractivity contribution is -0.137. The molecular formula is C23H18ClF3N2O3. The van der Waals surface area contributed by atoms with Crippen molar-refractivity contribution >= 4 is 40.7 Å². The number of hydrogen-bond acceptors (Lipinski definition) is 3. The van der Waals surface area contributed by atoms with Gasteiger partial charge in [0.2, 0.25) is 11.8 Å². The molecule has 0 unspecified atom stereocenters. The molecule has 2 aromatic rings. The van der Waals surface area contributed by atoms with Crippen LogP contribution < -0.4 is 10.2 Å². The quantitative estimate of drug-likeness (QED) is 0.486. The third kappa shape index (κ3) is 3.90. The summed E-state index contributed by atoms with van der Waals surface area (Å²) in [7, 11) is 0. The Morgan fingerprint density at radius 2 is 1.78 bits per heavy atom.